The average Bonchev–Trinajstić information content (AvgIpc) is 2.80. The first kappa shape index (κ1) is 15.8. The minimum absolute atomic E-state index is 0.205. The number of hydrogen-bond donors (Lipinski definition) is 1. The molecule has 1 aliphatic rings. The van der Waals surface area contributed by atoms with Gasteiger partial charge >= 0.3 is 6.09 Å². The van der Waals surface area contributed by atoms with E-state index in [1.54, 1.807) is 39.0 Å². The van der Waals surface area contributed by atoms with Crippen LogP contribution in [-0.2, 0) is 4.74 Å². The van der Waals surface area contributed by atoms with Gasteiger partial charge in [0.2, 0.25) is 0 Å². The van der Waals surface area contributed by atoms with Gasteiger partial charge in [-0.3, -0.25) is 0 Å². The number of amides is 1. The summed E-state index contributed by atoms with van der Waals surface area (Å²) in [6, 6.07) is 6.06. The SMILES string of the molecule is CC(C)(C)OC(=O)N1CC[C@@H](c2ccccc2F)[C@H]1CO. The quantitative estimate of drug-likeness (QED) is 0.912. The average molecular weight is 295 g/mol. The Morgan fingerprint density at radius 2 is 2.10 bits per heavy atom. The highest BCUT2D eigenvalue weighted by molar-refractivity contribution is 5.69. The molecule has 116 valence electrons. The molecule has 0 aromatic heterocycles. The van der Waals surface area contributed by atoms with Crippen molar-refractivity contribution in [3.63, 3.8) is 0 Å². The van der Waals surface area contributed by atoms with Crippen molar-refractivity contribution in [3.05, 3.63) is 35.6 Å². The first-order valence-electron chi connectivity index (χ1n) is 7.18. The summed E-state index contributed by atoms with van der Waals surface area (Å²) in [5, 5.41) is 9.63. The van der Waals surface area contributed by atoms with Gasteiger partial charge in [-0.15, -0.1) is 0 Å². The lowest BCUT2D eigenvalue weighted by atomic mass is 9.92. The molecule has 2 rings (SSSR count). The van der Waals surface area contributed by atoms with Crippen LogP contribution in [0.1, 0.15) is 38.7 Å². The van der Waals surface area contributed by atoms with Crippen molar-refractivity contribution in [1.82, 2.24) is 4.90 Å². The van der Waals surface area contributed by atoms with Crippen molar-refractivity contribution in [2.45, 2.75) is 44.8 Å². The normalized spacial score (nSPS) is 22.4. The smallest absolute Gasteiger partial charge is 0.410 e. The third-order valence-corrected chi connectivity index (χ3v) is 3.67. The Hall–Kier alpha value is -1.62. The van der Waals surface area contributed by atoms with E-state index in [-0.39, 0.29) is 18.3 Å². The largest absolute Gasteiger partial charge is 0.444 e. The second-order valence-corrected chi connectivity index (χ2v) is 6.34. The Balaban J connectivity index is 2.18. The van der Waals surface area contributed by atoms with Crippen LogP contribution in [0.3, 0.4) is 0 Å². The van der Waals surface area contributed by atoms with Crippen LogP contribution in [-0.4, -0.2) is 40.9 Å². The second kappa shape index (κ2) is 6.02. The number of halogens is 1. The number of carbonyl (C=O) groups excluding carboxylic acids is 1. The van der Waals surface area contributed by atoms with Crippen LogP contribution < -0.4 is 0 Å². The maximum atomic E-state index is 13.9. The van der Waals surface area contributed by atoms with E-state index in [0.29, 0.717) is 18.5 Å². The number of likely N-dealkylation sites (tertiary alicyclic amines) is 1. The van der Waals surface area contributed by atoms with Crippen LogP contribution in [0.4, 0.5) is 9.18 Å². The summed E-state index contributed by atoms with van der Waals surface area (Å²) in [5.41, 5.74) is -0.0460. The summed E-state index contributed by atoms with van der Waals surface area (Å²) in [7, 11) is 0. The van der Waals surface area contributed by atoms with E-state index in [2.05, 4.69) is 0 Å². The topological polar surface area (TPSA) is 49.8 Å². The molecule has 1 saturated heterocycles. The van der Waals surface area contributed by atoms with Gasteiger partial charge in [0.1, 0.15) is 11.4 Å². The van der Waals surface area contributed by atoms with E-state index in [1.807, 2.05) is 0 Å². The molecule has 0 bridgehead atoms. The zero-order valence-corrected chi connectivity index (χ0v) is 12.7. The fraction of sp³-hybridized carbons (Fsp3) is 0.562. The lowest BCUT2D eigenvalue weighted by molar-refractivity contribution is 0.0165. The molecule has 1 heterocycles. The van der Waals surface area contributed by atoms with Gasteiger partial charge in [0.25, 0.3) is 0 Å². The molecule has 0 aliphatic carbocycles. The van der Waals surface area contributed by atoms with Crippen molar-refractivity contribution in [2.75, 3.05) is 13.2 Å². The van der Waals surface area contributed by atoms with Crippen molar-refractivity contribution >= 4 is 6.09 Å². The Bertz CT molecular complexity index is 512. The number of carbonyl (C=O) groups is 1. The summed E-state index contributed by atoms with van der Waals surface area (Å²) in [6.45, 7) is 5.63. The summed E-state index contributed by atoms with van der Waals surface area (Å²) < 4.78 is 19.3. The highest BCUT2D eigenvalue weighted by atomic mass is 19.1. The summed E-state index contributed by atoms with van der Waals surface area (Å²) >= 11 is 0. The lowest BCUT2D eigenvalue weighted by Crippen LogP contribution is -2.42. The van der Waals surface area contributed by atoms with Gasteiger partial charge in [0, 0.05) is 12.5 Å². The number of benzene rings is 1. The molecule has 0 radical (unpaired) electrons. The first-order chi connectivity index (χ1) is 9.83. The van der Waals surface area contributed by atoms with Crippen LogP contribution >= 0.6 is 0 Å². The standard InChI is InChI=1S/C16H22FNO3/c1-16(2,3)21-15(20)18-9-8-12(14(18)10-19)11-6-4-5-7-13(11)17/h4-7,12,14,19H,8-10H2,1-3H3/t12-,14+/m0/s1. The zero-order valence-electron chi connectivity index (χ0n) is 12.7. The fourth-order valence-corrected chi connectivity index (χ4v) is 2.77. The van der Waals surface area contributed by atoms with Crippen molar-refractivity contribution in [1.29, 1.82) is 0 Å². The highest BCUT2D eigenvalue weighted by Gasteiger charge is 2.40. The molecule has 4 nitrogen and oxygen atoms in total. The molecular weight excluding hydrogens is 273 g/mol. The van der Waals surface area contributed by atoms with Crippen LogP contribution in [0.2, 0.25) is 0 Å². The third-order valence-electron chi connectivity index (χ3n) is 3.67. The summed E-state index contributed by atoms with van der Waals surface area (Å²) in [5.74, 6) is -0.504. The lowest BCUT2D eigenvalue weighted by Gasteiger charge is -2.29. The second-order valence-electron chi connectivity index (χ2n) is 6.34. The van der Waals surface area contributed by atoms with Gasteiger partial charge in [0.15, 0.2) is 0 Å². The Kier molecular flexibility index (Phi) is 4.52. The zero-order chi connectivity index (χ0) is 15.6. The van der Waals surface area contributed by atoms with E-state index >= 15 is 0 Å². The van der Waals surface area contributed by atoms with E-state index in [4.69, 9.17) is 4.74 Å². The Morgan fingerprint density at radius 1 is 1.43 bits per heavy atom. The predicted octanol–water partition coefficient (Wildman–Crippen LogP) is 2.91. The molecule has 1 aromatic carbocycles. The van der Waals surface area contributed by atoms with E-state index in [9.17, 15) is 14.3 Å². The monoisotopic (exact) mass is 295 g/mol. The van der Waals surface area contributed by atoms with Crippen molar-refractivity contribution in [3.8, 4) is 0 Å². The molecule has 1 amide bonds. The van der Waals surface area contributed by atoms with Crippen LogP contribution in [0.15, 0.2) is 24.3 Å². The molecule has 1 fully saturated rings. The van der Waals surface area contributed by atoms with Crippen LogP contribution in [0, 0.1) is 5.82 Å². The number of rotatable bonds is 2. The minimum Gasteiger partial charge on any atom is -0.444 e. The predicted molar refractivity (Wildman–Crippen MR) is 77.6 cm³/mol. The van der Waals surface area contributed by atoms with E-state index in [0.717, 1.165) is 0 Å². The number of hydrogen-bond acceptors (Lipinski definition) is 3. The summed E-state index contributed by atoms with van der Waals surface area (Å²) in [4.78, 5) is 13.7. The first-order valence-corrected chi connectivity index (χ1v) is 7.18. The fourth-order valence-electron chi connectivity index (χ4n) is 2.77. The number of aliphatic hydroxyl groups excluding tert-OH is 1. The Labute approximate surface area is 124 Å². The van der Waals surface area contributed by atoms with Crippen LogP contribution in [0.5, 0.6) is 0 Å². The van der Waals surface area contributed by atoms with E-state index < -0.39 is 17.7 Å². The molecule has 0 saturated carbocycles. The third kappa shape index (κ3) is 3.53. The van der Waals surface area contributed by atoms with Gasteiger partial charge in [-0.1, -0.05) is 18.2 Å². The molecule has 5 heteroatoms. The van der Waals surface area contributed by atoms with Gasteiger partial charge in [0.05, 0.1) is 12.6 Å². The molecule has 1 aromatic rings. The maximum absolute atomic E-state index is 13.9. The number of aliphatic hydroxyl groups is 1. The molecule has 1 aliphatic heterocycles. The van der Waals surface area contributed by atoms with Gasteiger partial charge in [-0.2, -0.15) is 0 Å². The van der Waals surface area contributed by atoms with Crippen LogP contribution in [0.25, 0.3) is 0 Å². The van der Waals surface area contributed by atoms with E-state index in [1.165, 1.54) is 11.0 Å². The molecular formula is C16H22FNO3. The molecule has 0 spiro atoms. The number of nitrogens with zero attached hydrogens (tertiary/aromatic N) is 1. The molecule has 2 atom stereocenters. The maximum Gasteiger partial charge on any atom is 0.410 e. The number of ether oxygens (including phenoxy) is 1. The van der Waals surface area contributed by atoms with Gasteiger partial charge in [-0.25, -0.2) is 9.18 Å². The minimum atomic E-state index is -0.590. The van der Waals surface area contributed by atoms with Crippen molar-refractivity contribution < 1.29 is 19.0 Å². The summed E-state index contributed by atoms with van der Waals surface area (Å²) in [6.07, 6.45) is 0.158. The van der Waals surface area contributed by atoms with Gasteiger partial charge < -0.3 is 14.7 Å². The molecule has 21 heavy (non-hydrogen) atoms. The molecule has 0 unspecified atom stereocenters. The van der Waals surface area contributed by atoms with Crippen molar-refractivity contribution in [2.24, 2.45) is 0 Å². The van der Waals surface area contributed by atoms with Gasteiger partial charge in [-0.05, 0) is 38.8 Å². The highest BCUT2D eigenvalue weighted by Crippen LogP contribution is 2.35. The molecule has 1 N–H and O–H groups in total. The Morgan fingerprint density at radius 3 is 2.67 bits per heavy atom.